The Bertz CT molecular complexity index is 1070. The molecular formula is C19H16F2N4O3. The van der Waals surface area contributed by atoms with E-state index in [-0.39, 0.29) is 24.6 Å². The Morgan fingerprint density at radius 3 is 2.57 bits per heavy atom. The average molecular weight is 386 g/mol. The van der Waals surface area contributed by atoms with E-state index in [0.717, 1.165) is 4.90 Å². The number of fused-ring (bicyclic) bond motifs is 1. The summed E-state index contributed by atoms with van der Waals surface area (Å²) in [5.74, 6) is -4.55. The molecule has 2 aliphatic rings. The molecule has 0 radical (unpaired) electrons. The molecule has 2 fully saturated rings. The molecule has 2 aliphatic heterocycles. The van der Waals surface area contributed by atoms with E-state index in [1.807, 2.05) is 0 Å². The van der Waals surface area contributed by atoms with Gasteiger partial charge >= 0.3 is 0 Å². The molecule has 3 heterocycles. The van der Waals surface area contributed by atoms with Gasteiger partial charge in [0.1, 0.15) is 6.04 Å². The highest BCUT2D eigenvalue weighted by molar-refractivity contribution is 6.07. The highest BCUT2D eigenvalue weighted by Crippen LogP contribution is 2.34. The normalized spacial score (nSPS) is 21.4. The van der Waals surface area contributed by atoms with Crippen molar-refractivity contribution in [1.29, 1.82) is 5.26 Å². The number of halogens is 2. The van der Waals surface area contributed by atoms with Gasteiger partial charge in [0, 0.05) is 36.5 Å². The summed E-state index contributed by atoms with van der Waals surface area (Å²) in [5, 5.41) is 9.93. The van der Waals surface area contributed by atoms with Crippen LogP contribution in [0.25, 0.3) is 10.8 Å². The Balaban J connectivity index is 1.48. The lowest BCUT2D eigenvalue weighted by molar-refractivity contribution is -0.141. The van der Waals surface area contributed by atoms with Gasteiger partial charge < -0.3 is 14.8 Å². The summed E-state index contributed by atoms with van der Waals surface area (Å²) in [6.07, 6.45) is 0.683. The number of rotatable bonds is 2. The fourth-order valence-corrected chi connectivity index (χ4v) is 3.76. The number of alkyl halides is 2. The third kappa shape index (κ3) is 2.91. The molecule has 1 atom stereocenters. The zero-order chi connectivity index (χ0) is 20.1. The van der Waals surface area contributed by atoms with Gasteiger partial charge in [-0.3, -0.25) is 14.4 Å². The Morgan fingerprint density at radius 1 is 1.21 bits per heavy atom. The van der Waals surface area contributed by atoms with E-state index in [9.17, 15) is 23.2 Å². The Labute approximate surface area is 158 Å². The molecular weight excluding hydrogens is 370 g/mol. The third-order valence-electron chi connectivity index (χ3n) is 5.26. The van der Waals surface area contributed by atoms with Gasteiger partial charge in [0.15, 0.2) is 0 Å². The second-order valence-electron chi connectivity index (χ2n) is 7.16. The molecule has 7 nitrogen and oxygen atoms in total. The lowest BCUT2D eigenvalue weighted by Gasteiger charge is -2.40. The van der Waals surface area contributed by atoms with Gasteiger partial charge in [0.25, 0.3) is 17.4 Å². The number of pyridine rings is 1. The molecule has 0 saturated carbocycles. The first-order chi connectivity index (χ1) is 13.3. The van der Waals surface area contributed by atoms with E-state index in [4.69, 9.17) is 5.26 Å². The minimum atomic E-state index is -3.07. The van der Waals surface area contributed by atoms with Crippen molar-refractivity contribution in [2.45, 2.75) is 18.4 Å². The summed E-state index contributed by atoms with van der Waals surface area (Å²) in [5.41, 5.74) is 0.00465. The fraction of sp³-hybridized carbons (Fsp3) is 0.368. The van der Waals surface area contributed by atoms with Crippen LogP contribution in [0.3, 0.4) is 0 Å². The molecule has 1 N–H and O–H groups in total. The number of nitrogens with zero attached hydrogens (tertiary/aromatic N) is 3. The molecule has 0 bridgehead atoms. The lowest BCUT2D eigenvalue weighted by atomic mass is 9.96. The average Bonchev–Trinajstić information content (AvgIpc) is 2.95. The van der Waals surface area contributed by atoms with Gasteiger partial charge in [-0.05, 0) is 6.07 Å². The molecule has 9 heteroatoms. The van der Waals surface area contributed by atoms with Crippen LogP contribution >= 0.6 is 0 Å². The maximum atomic E-state index is 13.5. The van der Waals surface area contributed by atoms with E-state index in [1.54, 1.807) is 30.3 Å². The lowest BCUT2D eigenvalue weighted by Crippen LogP contribution is -2.57. The van der Waals surface area contributed by atoms with Crippen LogP contribution in [0, 0.1) is 17.2 Å². The predicted octanol–water partition coefficient (Wildman–Crippen LogP) is 1.36. The number of aromatic nitrogens is 1. The van der Waals surface area contributed by atoms with Crippen LogP contribution < -0.4 is 5.56 Å². The van der Waals surface area contributed by atoms with Crippen LogP contribution in [-0.4, -0.2) is 58.2 Å². The van der Waals surface area contributed by atoms with Crippen molar-refractivity contribution in [1.82, 2.24) is 14.8 Å². The van der Waals surface area contributed by atoms with E-state index in [0.29, 0.717) is 16.3 Å². The smallest absolute Gasteiger partial charge is 0.268 e. The first-order valence-electron chi connectivity index (χ1n) is 8.78. The summed E-state index contributed by atoms with van der Waals surface area (Å²) in [6.45, 7) is -0.588. The first kappa shape index (κ1) is 18.1. The summed E-state index contributed by atoms with van der Waals surface area (Å²) in [6, 6.07) is 7.31. The summed E-state index contributed by atoms with van der Waals surface area (Å²) in [7, 11) is 0. The molecule has 0 spiro atoms. The molecule has 1 aromatic carbocycles. The first-order valence-corrected chi connectivity index (χ1v) is 8.78. The number of carbonyl (C=O) groups is 2. The van der Waals surface area contributed by atoms with Crippen LogP contribution in [0.2, 0.25) is 0 Å². The van der Waals surface area contributed by atoms with Gasteiger partial charge in [-0.1, -0.05) is 18.2 Å². The monoisotopic (exact) mass is 386 g/mol. The molecule has 144 valence electrons. The maximum absolute atomic E-state index is 13.5. The molecule has 0 unspecified atom stereocenters. The summed E-state index contributed by atoms with van der Waals surface area (Å²) < 4.78 is 27.1. The standard InChI is InChI=1S/C19H16F2N4O3/c20-19(21)5-12(6-22)25(10-19)17(27)11-8-24(9-11)18(28)15-7-23-16(26)14-4-2-1-3-13(14)15/h1-4,7,11-12H,5,8-10H2,(H,23,26)/t12-/m0/s1. The van der Waals surface area contributed by atoms with Crippen LogP contribution in [0.15, 0.2) is 35.3 Å². The highest BCUT2D eigenvalue weighted by Gasteiger charge is 2.50. The van der Waals surface area contributed by atoms with Crippen LogP contribution in [0.4, 0.5) is 8.78 Å². The van der Waals surface area contributed by atoms with Crippen molar-refractivity contribution < 1.29 is 18.4 Å². The Kier molecular flexibility index (Phi) is 4.14. The van der Waals surface area contributed by atoms with Gasteiger partial charge in [-0.25, -0.2) is 8.78 Å². The number of nitriles is 1. The Hall–Kier alpha value is -3.28. The predicted molar refractivity (Wildman–Crippen MR) is 94.6 cm³/mol. The largest absolute Gasteiger partial charge is 0.337 e. The number of benzene rings is 1. The van der Waals surface area contributed by atoms with E-state index < -0.39 is 36.8 Å². The molecule has 0 aliphatic carbocycles. The number of nitrogens with one attached hydrogen (secondary N) is 1. The number of H-pyrrole nitrogens is 1. The van der Waals surface area contributed by atoms with Crippen molar-refractivity contribution in [2.75, 3.05) is 19.6 Å². The zero-order valence-electron chi connectivity index (χ0n) is 14.7. The van der Waals surface area contributed by atoms with E-state index in [2.05, 4.69) is 4.98 Å². The van der Waals surface area contributed by atoms with Gasteiger partial charge in [0.2, 0.25) is 5.91 Å². The van der Waals surface area contributed by atoms with Gasteiger partial charge in [-0.2, -0.15) is 5.26 Å². The number of hydrogen-bond donors (Lipinski definition) is 1. The second-order valence-corrected chi connectivity index (χ2v) is 7.16. The maximum Gasteiger partial charge on any atom is 0.268 e. The topological polar surface area (TPSA) is 97.3 Å². The van der Waals surface area contributed by atoms with Crippen LogP contribution in [0.1, 0.15) is 16.8 Å². The fourth-order valence-electron chi connectivity index (χ4n) is 3.76. The van der Waals surface area contributed by atoms with Crippen LogP contribution in [0.5, 0.6) is 0 Å². The molecule has 2 aromatic rings. The zero-order valence-corrected chi connectivity index (χ0v) is 14.7. The highest BCUT2D eigenvalue weighted by atomic mass is 19.3. The summed E-state index contributed by atoms with van der Waals surface area (Å²) >= 11 is 0. The van der Waals surface area contributed by atoms with Crippen molar-refractivity contribution in [3.05, 3.63) is 46.4 Å². The second kappa shape index (κ2) is 6.41. The van der Waals surface area contributed by atoms with Gasteiger partial charge in [-0.15, -0.1) is 0 Å². The number of likely N-dealkylation sites (tertiary alicyclic amines) is 2. The number of carbonyl (C=O) groups excluding carboxylic acids is 2. The van der Waals surface area contributed by atoms with E-state index in [1.165, 1.54) is 11.1 Å². The van der Waals surface area contributed by atoms with Crippen molar-refractivity contribution >= 4 is 22.6 Å². The van der Waals surface area contributed by atoms with Crippen molar-refractivity contribution in [3.8, 4) is 6.07 Å². The van der Waals surface area contributed by atoms with Crippen molar-refractivity contribution in [2.24, 2.45) is 5.92 Å². The van der Waals surface area contributed by atoms with Crippen LogP contribution in [-0.2, 0) is 4.79 Å². The quantitative estimate of drug-likeness (QED) is 0.843. The van der Waals surface area contributed by atoms with Crippen molar-refractivity contribution in [3.63, 3.8) is 0 Å². The minimum absolute atomic E-state index is 0.0886. The molecule has 28 heavy (non-hydrogen) atoms. The molecule has 4 rings (SSSR count). The minimum Gasteiger partial charge on any atom is -0.337 e. The number of hydrogen-bond acceptors (Lipinski definition) is 4. The van der Waals surface area contributed by atoms with Gasteiger partial charge in [0.05, 0.1) is 24.1 Å². The SMILES string of the molecule is N#C[C@@H]1CC(F)(F)CN1C(=O)C1CN(C(=O)c2c[nH]c(=O)c3ccccc23)C1. The molecule has 1 aromatic heterocycles. The molecule has 2 amide bonds. The number of aromatic amines is 1. The summed E-state index contributed by atoms with van der Waals surface area (Å²) in [4.78, 5) is 42.0. The van der Waals surface area contributed by atoms with E-state index >= 15 is 0 Å². The molecule has 2 saturated heterocycles. The number of amides is 2. The Morgan fingerprint density at radius 2 is 1.89 bits per heavy atom. The third-order valence-corrected chi connectivity index (χ3v) is 5.26.